The monoisotopic (exact) mass is 115 g/mol. The van der Waals surface area contributed by atoms with Crippen molar-refractivity contribution in [3.05, 3.63) is 0 Å². The Kier molecular flexibility index (Phi) is 3.06. The third-order valence-corrected chi connectivity index (χ3v) is 0.890. The van der Waals surface area contributed by atoms with Crippen LogP contribution in [0.25, 0.3) is 0 Å². The van der Waals surface area contributed by atoms with Crippen molar-refractivity contribution in [2.24, 2.45) is 0 Å². The molecule has 0 atom stereocenters. The van der Waals surface area contributed by atoms with E-state index >= 15 is 0 Å². The fourth-order valence-corrected chi connectivity index (χ4v) is 0.647. The Balaban J connectivity index is 2.83. The first-order valence-electron chi connectivity index (χ1n) is 1.36. The molecule has 5 radical (unpaired) electrons. The zero-order valence-corrected chi connectivity index (χ0v) is 5.32. The summed E-state index contributed by atoms with van der Waals surface area (Å²) in [6, 6.07) is 0. The van der Waals surface area contributed by atoms with Gasteiger partial charge >= 0.3 is 0 Å². The van der Waals surface area contributed by atoms with E-state index in [1.54, 1.807) is 0 Å². The van der Waals surface area contributed by atoms with Gasteiger partial charge in [0, 0.05) is 6.92 Å². The van der Waals surface area contributed by atoms with Gasteiger partial charge in [-0.15, -0.1) is 0 Å². The molecule has 0 aliphatic rings. The maximum atomic E-state index is 9.80. The molecule has 0 spiro atoms. The highest BCUT2D eigenvalue weighted by atomic mass is 29.1. The minimum atomic E-state index is -0.247. The molecule has 0 aromatic carbocycles. The topological polar surface area (TPSA) is 26.3 Å². The molecule has 0 aromatic heterocycles. The fourth-order valence-electron chi connectivity index (χ4n) is 0.0719. The van der Waals surface area contributed by atoms with E-state index in [2.05, 4.69) is 14.2 Å². The molecule has 0 saturated carbocycles. The van der Waals surface area contributed by atoms with Crippen LogP contribution in [-0.2, 0) is 9.22 Å². The molecule has 0 heterocycles. The van der Waals surface area contributed by atoms with Crippen LogP contribution in [0, 0.1) is 0 Å². The molecular weight excluding hydrogens is 112 g/mol. The lowest BCUT2D eigenvalue weighted by Crippen LogP contribution is -2.02. The van der Waals surface area contributed by atoms with E-state index in [1.165, 1.54) is 6.92 Å². The lowest BCUT2D eigenvalue weighted by molar-refractivity contribution is -0.131. The van der Waals surface area contributed by atoms with Crippen LogP contribution in [0.1, 0.15) is 6.92 Å². The Hall–Kier alpha value is -0.0962. The maximum Gasteiger partial charge on any atom is 0.288 e. The van der Waals surface area contributed by atoms with Gasteiger partial charge in [0.25, 0.3) is 15.2 Å². The highest BCUT2D eigenvalue weighted by Gasteiger charge is 1.83. The number of carbonyl (C=O) groups is 1. The summed E-state index contributed by atoms with van der Waals surface area (Å²) in [7, 11) is 3.07. The van der Waals surface area contributed by atoms with Crippen molar-refractivity contribution in [1.82, 2.24) is 0 Å². The molecule has 0 fully saturated rings. The summed E-state index contributed by atoms with van der Waals surface area (Å²) in [6.45, 7) is 1.37. The van der Waals surface area contributed by atoms with Gasteiger partial charge in [0.1, 0.15) is 0 Å². The van der Waals surface area contributed by atoms with Gasteiger partial charge < -0.3 is 4.43 Å². The van der Waals surface area contributed by atoms with Crippen molar-refractivity contribution in [2.75, 3.05) is 0 Å². The smallest absolute Gasteiger partial charge is 0.288 e. The maximum absolute atomic E-state index is 9.80. The molecule has 2 nitrogen and oxygen atoms in total. The highest BCUT2D eigenvalue weighted by Crippen LogP contribution is 1.64. The molecule has 4 heteroatoms. The Bertz CT molecular complexity index is 53.5. The van der Waals surface area contributed by atoms with Gasteiger partial charge in [-0.1, -0.05) is 0 Å². The van der Waals surface area contributed by atoms with Crippen molar-refractivity contribution >= 4 is 25.0 Å². The molecule has 0 N–H and O–H groups in total. The fraction of sp³-hybridized carbons (Fsp3) is 0.500. The van der Waals surface area contributed by atoms with Crippen LogP contribution in [0.5, 0.6) is 0 Å². The molecule has 6 heavy (non-hydrogen) atoms. The lowest BCUT2D eigenvalue weighted by atomic mass is 10.9. The number of hydrogen-bond acceptors (Lipinski definition) is 2. The van der Waals surface area contributed by atoms with Crippen molar-refractivity contribution in [2.45, 2.75) is 6.92 Å². The van der Waals surface area contributed by atoms with Gasteiger partial charge in [0.15, 0.2) is 0 Å². The minimum Gasteiger partial charge on any atom is -0.521 e. The predicted octanol–water partition coefficient (Wildman–Crippen LogP) is -0.748. The van der Waals surface area contributed by atoms with Crippen molar-refractivity contribution in [3.8, 4) is 0 Å². The first-order chi connectivity index (χ1) is 2.77. The van der Waals surface area contributed by atoms with E-state index < -0.39 is 0 Å². The Morgan fingerprint density at radius 3 is 2.50 bits per heavy atom. The number of hydrogen-bond donors (Lipinski definition) is 0. The first kappa shape index (κ1) is 5.90. The van der Waals surface area contributed by atoms with E-state index in [0.717, 1.165) is 0 Å². The van der Waals surface area contributed by atoms with Gasteiger partial charge in [-0.25, -0.2) is 0 Å². The van der Waals surface area contributed by atoms with Crippen molar-refractivity contribution in [1.29, 1.82) is 0 Å². The lowest BCUT2D eigenvalue weighted by Gasteiger charge is -1.88. The minimum absolute atomic E-state index is 0.0941. The normalized spacial score (nSPS) is 7.67. The Morgan fingerprint density at radius 1 is 2.00 bits per heavy atom. The van der Waals surface area contributed by atoms with E-state index in [-0.39, 0.29) is 15.2 Å². The van der Waals surface area contributed by atoms with Crippen molar-refractivity contribution < 1.29 is 9.22 Å². The van der Waals surface area contributed by atoms with E-state index in [1.807, 2.05) is 0 Å². The second kappa shape index (κ2) is 3.11. The summed E-state index contributed by atoms with van der Waals surface area (Å²) in [6.07, 6.45) is 0. The SMILES string of the molecule is CC(=O)O[Si][Si]. The van der Waals surface area contributed by atoms with Gasteiger partial charge in [0.05, 0.1) is 9.76 Å². The highest BCUT2D eigenvalue weighted by molar-refractivity contribution is 6.86. The van der Waals surface area contributed by atoms with E-state index in [0.29, 0.717) is 0 Å². The summed E-state index contributed by atoms with van der Waals surface area (Å²) in [4.78, 5) is 9.80. The predicted molar refractivity (Wildman–Crippen MR) is 23.3 cm³/mol. The third kappa shape index (κ3) is 3.90. The second-order valence-corrected chi connectivity index (χ2v) is 1.72. The Morgan fingerprint density at radius 2 is 2.50 bits per heavy atom. The largest absolute Gasteiger partial charge is 0.521 e. The van der Waals surface area contributed by atoms with Crippen LogP contribution >= 0.6 is 0 Å². The van der Waals surface area contributed by atoms with Crippen LogP contribution in [0.15, 0.2) is 0 Å². The number of carbonyl (C=O) groups excluding carboxylic acids is 1. The van der Waals surface area contributed by atoms with Gasteiger partial charge in [-0.2, -0.15) is 0 Å². The second-order valence-electron chi connectivity index (χ2n) is 0.696. The molecule has 0 saturated heterocycles. The molecule has 0 bridgehead atoms. The average molecular weight is 115 g/mol. The third-order valence-electron chi connectivity index (χ3n) is 0.195. The van der Waals surface area contributed by atoms with Gasteiger partial charge in [-0.3, -0.25) is 4.79 Å². The molecule has 0 aromatic rings. The zero-order valence-electron chi connectivity index (χ0n) is 3.32. The number of rotatable bonds is 1. The summed E-state index contributed by atoms with van der Waals surface area (Å²) in [5, 5.41) is 0. The quantitative estimate of drug-likeness (QED) is 0.420. The summed E-state index contributed by atoms with van der Waals surface area (Å²) < 4.78 is 4.34. The molecular formula is C2H3O2Si2. The van der Waals surface area contributed by atoms with Gasteiger partial charge in [0.2, 0.25) is 0 Å². The molecule has 31 valence electrons. The van der Waals surface area contributed by atoms with Crippen LogP contribution in [0.2, 0.25) is 0 Å². The van der Waals surface area contributed by atoms with Crippen LogP contribution < -0.4 is 0 Å². The molecule has 0 unspecified atom stereocenters. The molecule has 0 rings (SSSR count). The Labute approximate surface area is 42.0 Å². The summed E-state index contributed by atoms with van der Waals surface area (Å²) in [5.74, 6) is -0.247. The molecule has 0 amide bonds. The van der Waals surface area contributed by atoms with Crippen LogP contribution in [0.4, 0.5) is 0 Å². The molecule has 0 aliphatic carbocycles. The molecule has 0 aliphatic heterocycles. The average Bonchev–Trinajstić information content (AvgIpc) is 1.35. The zero-order chi connectivity index (χ0) is 4.99. The summed E-state index contributed by atoms with van der Waals surface area (Å²) >= 11 is 0. The standard InChI is InChI=1S/C2H3O2Si2/c1-2(3)4-6-5/h1H3. The first-order valence-corrected chi connectivity index (χ1v) is 3.77. The summed E-state index contributed by atoms with van der Waals surface area (Å²) in [5.41, 5.74) is 0. The van der Waals surface area contributed by atoms with Gasteiger partial charge in [-0.05, 0) is 0 Å². The van der Waals surface area contributed by atoms with Crippen molar-refractivity contribution in [3.63, 3.8) is 0 Å². The van der Waals surface area contributed by atoms with Crippen LogP contribution in [0.3, 0.4) is 0 Å². The van der Waals surface area contributed by atoms with E-state index in [9.17, 15) is 4.79 Å². The van der Waals surface area contributed by atoms with Crippen LogP contribution in [-0.4, -0.2) is 25.0 Å². The van der Waals surface area contributed by atoms with E-state index in [4.69, 9.17) is 0 Å².